The molecular weight excluding hydrogens is 182 g/mol. The van der Waals surface area contributed by atoms with Crippen LogP contribution in [0.1, 0.15) is 26.2 Å². The predicted molar refractivity (Wildman–Crippen MR) is 51.6 cm³/mol. The number of unbranched alkanes of at least 4 members (excludes halogenated alkanes) is 1. The summed E-state index contributed by atoms with van der Waals surface area (Å²) in [4.78, 5) is 24.4. The van der Waals surface area contributed by atoms with Gasteiger partial charge in [-0.15, -0.1) is 0 Å². The first-order chi connectivity index (χ1) is 6.66. The van der Waals surface area contributed by atoms with Gasteiger partial charge in [-0.05, 0) is 6.42 Å². The smallest absolute Gasteiger partial charge is 0.318 e. The van der Waals surface area contributed by atoms with Crippen molar-refractivity contribution in [2.75, 3.05) is 20.2 Å². The lowest BCUT2D eigenvalue weighted by molar-refractivity contribution is -0.148. The van der Waals surface area contributed by atoms with Gasteiger partial charge in [0.15, 0.2) is 0 Å². The van der Waals surface area contributed by atoms with Crippen molar-refractivity contribution < 1.29 is 14.3 Å². The van der Waals surface area contributed by atoms with Gasteiger partial charge in [0.05, 0.1) is 6.61 Å². The zero-order chi connectivity index (χ0) is 10.6. The Morgan fingerprint density at radius 2 is 2.36 bits per heavy atom. The maximum Gasteiger partial charge on any atom is 0.318 e. The number of amides is 1. The zero-order valence-electron chi connectivity index (χ0n) is 8.78. The highest BCUT2D eigenvalue weighted by molar-refractivity contribution is 5.98. The molecule has 14 heavy (non-hydrogen) atoms. The fourth-order valence-corrected chi connectivity index (χ4v) is 1.49. The van der Waals surface area contributed by atoms with Crippen LogP contribution in [0.3, 0.4) is 0 Å². The molecule has 0 bridgehead atoms. The van der Waals surface area contributed by atoms with Gasteiger partial charge in [-0.25, -0.2) is 0 Å². The number of ether oxygens (including phenoxy) is 1. The highest BCUT2D eigenvalue weighted by Gasteiger charge is 2.34. The summed E-state index contributed by atoms with van der Waals surface area (Å²) in [7, 11) is 1.74. The number of rotatable bonds is 4. The molecule has 0 aromatic rings. The van der Waals surface area contributed by atoms with E-state index in [1.54, 1.807) is 11.9 Å². The number of hydrogen-bond donors (Lipinski definition) is 0. The zero-order valence-corrected chi connectivity index (χ0v) is 8.78. The van der Waals surface area contributed by atoms with E-state index >= 15 is 0 Å². The molecule has 1 fully saturated rings. The van der Waals surface area contributed by atoms with Crippen molar-refractivity contribution in [3.8, 4) is 0 Å². The standard InChI is InChI=1S/C10H17NO3/c1-3-4-6-11(2)9(12)8-5-7-14-10(8)13/h8H,3-7H2,1-2H3. The Bertz CT molecular complexity index is 227. The molecule has 0 radical (unpaired) electrons. The normalized spacial score (nSPS) is 20.7. The molecule has 0 spiro atoms. The molecule has 0 N–H and O–H groups in total. The summed E-state index contributed by atoms with van der Waals surface area (Å²) in [5, 5.41) is 0. The van der Waals surface area contributed by atoms with Crippen LogP contribution < -0.4 is 0 Å². The first kappa shape index (κ1) is 11.0. The van der Waals surface area contributed by atoms with Crippen LogP contribution in [-0.4, -0.2) is 37.0 Å². The van der Waals surface area contributed by atoms with Crippen LogP contribution >= 0.6 is 0 Å². The summed E-state index contributed by atoms with van der Waals surface area (Å²) in [5.74, 6) is -1.00. The number of carbonyl (C=O) groups is 2. The Morgan fingerprint density at radius 1 is 1.64 bits per heavy atom. The second kappa shape index (κ2) is 4.98. The Labute approximate surface area is 84.2 Å². The van der Waals surface area contributed by atoms with E-state index in [2.05, 4.69) is 6.92 Å². The molecule has 1 amide bonds. The third-order valence-corrected chi connectivity index (χ3v) is 2.46. The first-order valence-corrected chi connectivity index (χ1v) is 5.08. The molecule has 1 aliphatic rings. The van der Waals surface area contributed by atoms with Crippen LogP contribution in [0.5, 0.6) is 0 Å². The Kier molecular flexibility index (Phi) is 3.92. The number of carbonyl (C=O) groups excluding carboxylic acids is 2. The Balaban J connectivity index is 2.43. The lowest BCUT2D eigenvalue weighted by Gasteiger charge is -2.18. The third kappa shape index (κ3) is 2.47. The van der Waals surface area contributed by atoms with Gasteiger partial charge in [-0.3, -0.25) is 9.59 Å². The molecule has 1 heterocycles. The highest BCUT2D eigenvalue weighted by Crippen LogP contribution is 2.16. The van der Waals surface area contributed by atoms with Gasteiger partial charge >= 0.3 is 5.97 Å². The van der Waals surface area contributed by atoms with E-state index in [4.69, 9.17) is 4.74 Å². The van der Waals surface area contributed by atoms with Gasteiger partial charge in [0.25, 0.3) is 0 Å². The van der Waals surface area contributed by atoms with Crippen LogP contribution in [0.25, 0.3) is 0 Å². The van der Waals surface area contributed by atoms with E-state index in [-0.39, 0.29) is 11.9 Å². The molecule has 1 rings (SSSR count). The van der Waals surface area contributed by atoms with Crippen LogP contribution in [0.15, 0.2) is 0 Å². The molecule has 0 aromatic heterocycles. The molecule has 4 heteroatoms. The average Bonchev–Trinajstić information content (AvgIpc) is 2.59. The van der Waals surface area contributed by atoms with Crippen molar-refractivity contribution >= 4 is 11.9 Å². The van der Waals surface area contributed by atoms with E-state index in [0.717, 1.165) is 19.4 Å². The molecule has 80 valence electrons. The van der Waals surface area contributed by atoms with Crippen molar-refractivity contribution in [3.05, 3.63) is 0 Å². The van der Waals surface area contributed by atoms with Crippen molar-refractivity contribution in [1.29, 1.82) is 0 Å². The SMILES string of the molecule is CCCCN(C)C(=O)C1CCOC1=O. The molecule has 1 saturated heterocycles. The summed E-state index contributed by atoms with van der Waals surface area (Å²) in [6, 6.07) is 0. The van der Waals surface area contributed by atoms with Crippen molar-refractivity contribution in [2.45, 2.75) is 26.2 Å². The van der Waals surface area contributed by atoms with Gasteiger partial charge in [0.1, 0.15) is 5.92 Å². The van der Waals surface area contributed by atoms with Crippen molar-refractivity contribution in [3.63, 3.8) is 0 Å². The highest BCUT2D eigenvalue weighted by atomic mass is 16.5. The minimum absolute atomic E-state index is 0.0963. The van der Waals surface area contributed by atoms with Crippen LogP contribution in [-0.2, 0) is 14.3 Å². The monoisotopic (exact) mass is 199 g/mol. The lowest BCUT2D eigenvalue weighted by atomic mass is 10.1. The largest absolute Gasteiger partial charge is 0.465 e. The minimum Gasteiger partial charge on any atom is -0.465 e. The van der Waals surface area contributed by atoms with E-state index in [1.165, 1.54) is 0 Å². The molecule has 1 atom stereocenters. The number of esters is 1. The molecular formula is C10H17NO3. The van der Waals surface area contributed by atoms with Gasteiger partial charge in [-0.2, -0.15) is 0 Å². The molecule has 0 aliphatic carbocycles. The minimum atomic E-state index is -0.545. The fraction of sp³-hybridized carbons (Fsp3) is 0.800. The van der Waals surface area contributed by atoms with E-state index < -0.39 is 5.92 Å². The lowest BCUT2D eigenvalue weighted by Crippen LogP contribution is -2.35. The van der Waals surface area contributed by atoms with Gasteiger partial charge in [0.2, 0.25) is 5.91 Å². The average molecular weight is 199 g/mol. The van der Waals surface area contributed by atoms with Crippen molar-refractivity contribution in [2.24, 2.45) is 5.92 Å². The second-order valence-corrected chi connectivity index (χ2v) is 3.62. The summed E-state index contributed by atoms with van der Waals surface area (Å²) >= 11 is 0. The van der Waals surface area contributed by atoms with E-state index in [0.29, 0.717) is 13.0 Å². The summed E-state index contributed by atoms with van der Waals surface area (Å²) in [6.07, 6.45) is 2.56. The predicted octanol–water partition coefficient (Wildman–Crippen LogP) is 0.808. The second-order valence-electron chi connectivity index (χ2n) is 3.62. The van der Waals surface area contributed by atoms with Gasteiger partial charge < -0.3 is 9.64 Å². The maximum atomic E-state index is 11.7. The van der Waals surface area contributed by atoms with Crippen LogP contribution in [0, 0.1) is 5.92 Å². The molecule has 0 saturated carbocycles. The first-order valence-electron chi connectivity index (χ1n) is 5.08. The van der Waals surface area contributed by atoms with Gasteiger partial charge in [0, 0.05) is 20.0 Å². The topological polar surface area (TPSA) is 46.6 Å². The van der Waals surface area contributed by atoms with E-state index in [1.807, 2.05) is 0 Å². The van der Waals surface area contributed by atoms with Crippen LogP contribution in [0.4, 0.5) is 0 Å². The number of hydrogen-bond acceptors (Lipinski definition) is 3. The van der Waals surface area contributed by atoms with Crippen molar-refractivity contribution in [1.82, 2.24) is 4.90 Å². The Hall–Kier alpha value is -1.06. The van der Waals surface area contributed by atoms with Crippen LogP contribution in [0.2, 0.25) is 0 Å². The summed E-state index contributed by atoms with van der Waals surface area (Å²) in [6.45, 7) is 3.18. The molecule has 1 unspecified atom stereocenters. The Morgan fingerprint density at radius 3 is 2.86 bits per heavy atom. The molecule has 0 aromatic carbocycles. The summed E-state index contributed by atoms with van der Waals surface area (Å²) in [5.41, 5.74) is 0. The fourth-order valence-electron chi connectivity index (χ4n) is 1.49. The molecule has 4 nitrogen and oxygen atoms in total. The van der Waals surface area contributed by atoms with Gasteiger partial charge in [-0.1, -0.05) is 13.3 Å². The summed E-state index contributed by atoms with van der Waals surface area (Å²) < 4.78 is 4.75. The third-order valence-electron chi connectivity index (χ3n) is 2.46. The number of nitrogens with zero attached hydrogens (tertiary/aromatic N) is 1. The van der Waals surface area contributed by atoms with E-state index in [9.17, 15) is 9.59 Å². The maximum absolute atomic E-state index is 11.7. The quantitative estimate of drug-likeness (QED) is 0.497. The number of cyclic esters (lactones) is 1. The molecule has 1 aliphatic heterocycles.